The third kappa shape index (κ3) is 4.01. The molecule has 3 nitrogen and oxygen atoms in total. The van der Waals surface area contributed by atoms with Crippen LogP contribution in [0.15, 0.2) is 35.3 Å². The molecule has 2 heterocycles. The van der Waals surface area contributed by atoms with Crippen LogP contribution >= 0.6 is 11.8 Å². The molecule has 0 spiro atoms. The van der Waals surface area contributed by atoms with Crippen LogP contribution in [0.3, 0.4) is 0 Å². The van der Waals surface area contributed by atoms with Gasteiger partial charge in [-0.15, -0.1) is 0 Å². The zero-order valence-electron chi connectivity index (χ0n) is 12.8. The summed E-state index contributed by atoms with van der Waals surface area (Å²) in [5, 5.41) is 5.21. The van der Waals surface area contributed by atoms with Gasteiger partial charge in [0.1, 0.15) is 0 Å². The Morgan fingerprint density at radius 3 is 2.71 bits per heavy atom. The molecule has 0 aromatic heterocycles. The van der Waals surface area contributed by atoms with Gasteiger partial charge in [-0.2, -0.15) is 0 Å². The number of piperidine rings is 1. The van der Waals surface area contributed by atoms with E-state index in [1.165, 1.54) is 38.0 Å². The SMILES string of the molecule is CCN1CCC(CNC2=NCC(c3ccccc3)S2)CC1. The zero-order chi connectivity index (χ0) is 14.5. The highest BCUT2D eigenvalue weighted by Crippen LogP contribution is 2.34. The highest BCUT2D eigenvalue weighted by molar-refractivity contribution is 8.14. The lowest BCUT2D eigenvalue weighted by Crippen LogP contribution is -2.37. The molecular formula is C17H25N3S. The summed E-state index contributed by atoms with van der Waals surface area (Å²) in [4.78, 5) is 7.21. The van der Waals surface area contributed by atoms with Crippen molar-refractivity contribution in [3.8, 4) is 0 Å². The molecular weight excluding hydrogens is 278 g/mol. The summed E-state index contributed by atoms with van der Waals surface area (Å²) in [5.41, 5.74) is 1.39. The van der Waals surface area contributed by atoms with Gasteiger partial charge >= 0.3 is 0 Å². The van der Waals surface area contributed by atoms with E-state index < -0.39 is 0 Å². The van der Waals surface area contributed by atoms with Crippen molar-refractivity contribution in [2.45, 2.75) is 25.0 Å². The van der Waals surface area contributed by atoms with Gasteiger partial charge in [-0.25, -0.2) is 0 Å². The van der Waals surface area contributed by atoms with Crippen LogP contribution in [0, 0.1) is 5.92 Å². The summed E-state index contributed by atoms with van der Waals surface area (Å²) < 4.78 is 0. The Morgan fingerprint density at radius 2 is 2.00 bits per heavy atom. The van der Waals surface area contributed by atoms with Crippen LogP contribution in [-0.2, 0) is 0 Å². The van der Waals surface area contributed by atoms with Crippen molar-refractivity contribution in [3.05, 3.63) is 35.9 Å². The number of nitrogens with one attached hydrogen (secondary N) is 1. The van der Waals surface area contributed by atoms with Crippen LogP contribution in [0.25, 0.3) is 0 Å². The molecule has 114 valence electrons. The number of thioether (sulfide) groups is 1. The molecule has 1 saturated heterocycles. The van der Waals surface area contributed by atoms with Crippen LogP contribution < -0.4 is 5.32 Å². The fourth-order valence-electron chi connectivity index (χ4n) is 3.05. The van der Waals surface area contributed by atoms with E-state index in [-0.39, 0.29) is 0 Å². The Labute approximate surface area is 132 Å². The second-order valence-corrected chi connectivity index (χ2v) is 7.11. The first-order valence-electron chi connectivity index (χ1n) is 8.07. The van der Waals surface area contributed by atoms with Crippen molar-refractivity contribution in [2.24, 2.45) is 10.9 Å². The number of nitrogens with zero attached hydrogens (tertiary/aromatic N) is 2. The second kappa shape index (κ2) is 7.32. The van der Waals surface area contributed by atoms with Crippen LogP contribution in [0.5, 0.6) is 0 Å². The van der Waals surface area contributed by atoms with E-state index in [9.17, 15) is 0 Å². The molecule has 1 aromatic rings. The molecule has 0 amide bonds. The van der Waals surface area contributed by atoms with Gasteiger partial charge < -0.3 is 10.2 Å². The lowest BCUT2D eigenvalue weighted by molar-refractivity contribution is 0.193. The summed E-state index contributed by atoms with van der Waals surface area (Å²) in [6.45, 7) is 7.97. The molecule has 1 fully saturated rings. The number of rotatable bonds is 4. The van der Waals surface area contributed by atoms with Gasteiger partial charge in [0.25, 0.3) is 0 Å². The van der Waals surface area contributed by atoms with Crippen LogP contribution in [-0.4, -0.2) is 42.8 Å². The van der Waals surface area contributed by atoms with Crippen molar-refractivity contribution in [1.29, 1.82) is 0 Å². The Morgan fingerprint density at radius 1 is 1.24 bits per heavy atom. The number of hydrogen-bond donors (Lipinski definition) is 1. The molecule has 2 aliphatic rings. The molecule has 0 bridgehead atoms. The molecule has 0 aliphatic carbocycles. The van der Waals surface area contributed by atoms with Gasteiger partial charge in [0.05, 0.1) is 11.8 Å². The molecule has 2 aliphatic heterocycles. The van der Waals surface area contributed by atoms with E-state index in [4.69, 9.17) is 0 Å². The van der Waals surface area contributed by atoms with Gasteiger partial charge in [0.15, 0.2) is 5.17 Å². The zero-order valence-corrected chi connectivity index (χ0v) is 13.6. The number of amidine groups is 1. The van der Waals surface area contributed by atoms with Crippen LogP contribution in [0.2, 0.25) is 0 Å². The third-order valence-corrected chi connectivity index (χ3v) is 5.72. The van der Waals surface area contributed by atoms with Gasteiger partial charge in [-0.1, -0.05) is 49.0 Å². The fraction of sp³-hybridized carbons (Fsp3) is 0.588. The average molecular weight is 303 g/mol. The minimum absolute atomic E-state index is 0.496. The quantitative estimate of drug-likeness (QED) is 0.926. The second-order valence-electron chi connectivity index (χ2n) is 5.92. The first-order valence-corrected chi connectivity index (χ1v) is 8.95. The first kappa shape index (κ1) is 14.9. The van der Waals surface area contributed by atoms with Gasteiger partial charge in [0, 0.05) is 6.54 Å². The Balaban J connectivity index is 1.41. The molecule has 0 radical (unpaired) electrons. The van der Waals surface area contributed by atoms with Gasteiger partial charge in [-0.3, -0.25) is 4.99 Å². The molecule has 1 aromatic carbocycles. The number of likely N-dealkylation sites (tertiary alicyclic amines) is 1. The Bertz CT molecular complexity index is 466. The highest BCUT2D eigenvalue weighted by Gasteiger charge is 2.23. The maximum absolute atomic E-state index is 4.67. The van der Waals surface area contributed by atoms with Crippen molar-refractivity contribution >= 4 is 16.9 Å². The summed E-state index contributed by atoms with van der Waals surface area (Å²) >= 11 is 1.89. The molecule has 1 unspecified atom stereocenters. The van der Waals surface area contributed by atoms with Crippen molar-refractivity contribution in [3.63, 3.8) is 0 Å². The lowest BCUT2D eigenvalue weighted by atomic mass is 9.97. The van der Waals surface area contributed by atoms with Crippen LogP contribution in [0.4, 0.5) is 0 Å². The molecule has 3 rings (SSSR count). The minimum Gasteiger partial charge on any atom is -0.365 e. The number of hydrogen-bond acceptors (Lipinski definition) is 4. The van der Waals surface area contributed by atoms with E-state index >= 15 is 0 Å². The van der Waals surface area contributed by atoms with E-state index in [1.54, 1.807) is 0 Å². The maximum Gasteiger partial charge on any atom is 0.157 e. The summed E-state index contributed by atoms with van der Waals surface area (Å²) in [7, 11) is 0. The van der Waals surface area contributed by atoms with E-state index in [0.29, 0.717) is 5.25 Å². The van der Waals surface area contributed by atoms with Gasteiger partial charge in [-0.05, 0) is 44.0 Å². The normalized spacial score (nSPS) is 24.0. The van der Waals surface area contributed by atoms with Gasteiger partial charge in [0.2, 0.25) is 0 Å². The first-order chi connectivity index (χ1) is 10.3. The molecule has 1 N–H and O–H groups in total. The predicted octanol–water partition coefficient (Wildman–Crippen LogP) is 3.15. The van der Waals surface area contributed by atoms with Crippen molar-refractivity contribution in [2.75, 3.05) is 32.7 Å². The fourth-order valence-corrected chi connectivity index (χ4v) is 4.08. The number of aliphatic imine (C=N–C) groups is 1. The Hall–Kier alpha value is -1.00. The monoisotopic (exact) mass is 303 g/mol. The lowest BCUT2D eigenvalue weighted by Gasteiger charge is -2.31. The third-order valence-electron chi connectivity index (χ3n) is 4.52. The maximum atomic E-state index is 4.67. The summed E-state index contributed by atoms with van der Waals surface area (Å²) in [5.74, 6) is 0.812. The standard InChI is InChI=1S/C17H25N3S/c1-2-20-10-8-14(9-11-20)12-18-17-19-13-16(21-17)15-6-4-3-5-7-15/h3-7,14,16H,2,8-13H2,1H3,(H,18,19). The van der Waals surface area contributed by atoms with E-state index in [2.05, 4.69) is 52.5 Å². The van der Waals surface area contributed by atoms with E-state index in [0.717, 1.165) is 24.2 Å². The molecule has 0 saturated carbocycles. The largest absolute Gasteiger partial charge is 0.365 e. The Kier molecular flexibility index (Phi) is 5.20. The van der Waals surface area contributed by atoms with Crippen LogP contribution in [0.1, 0.15) is 30.6 Å². The summed E-state index contributed by atoms with van der Waals surface area (Å²) in [6, 6.07) is 10.7. The predicted molar refractivity (Wildman–Crippen MR) is 91.9 cm³/mol. The smallest absolute Gasteiger partial charge is 0.157 e. The van der Waals surface area contributed by atoms with E-state index in [1.807, 2.05) is 11.8 Å². The average Bonchev–Trinajstić information content (AvgIpc) is 3.03. The molecule has 4 heteroatoms. The molecule has 1 atom stereocenters. The highest BCUT2D eigenvalue weighted by atomic mass is 32.2. The minimum atomic E-state index is 0.496. The summed E-state index contributed by atoms with van der Waals surface area (Å²) in [6.07, 6.45) is 2.64. The van der Waals surface area contributed by atoms with Crippen molar-refractivity contribution < 1.29 is 0 Å². The van der Waals surface area contributed by atoms with Crippen molar-refractivity contribution in [1.82, 2.24) is 10.2 Å². The number of benzene rings is 1. The molecule has 21 heavy (non-hydrogen) atoms. The topological polar surface area (TPSA) is 27.6 Å².